The maximum Gasteiger partial charge on any atom is 0.416 e. The third kappa shape index (κ3) is 15.1. The minimum absolute atomic E-state index is 0.0141. The van der Waals surface area contributed by atoms with Gasteiger partial charge in [-0.05, 0) is 118 Å². The van der Waals surface area contributed by atoms with Gasteiger partial charge in [0, 0.05) is 12.3 Å². The van der Waals surface area contributed by atoms with Gasteiger partial charge in [0.2, 0.25) is 0 Å². The number of unbranched alkanes of at least 4 members (excludes halogenated alkanes) is 1. The molecule has 322 valence electrons. The van der Waals surface area contributed by atoms with Gasteiger partial charge in [0.25, 0.3) is 0 Å². The van der Waals surface area contributed by atoms with E-state index in [0.717, 1.165) is 92.2 Å². The molecule has 1 aromatic rings. The van der Waals surface area contributed by atoms with Gasteiger partial charge in [-0.2, -0.15) is 13.2 Å². The van der Waals surface area contributed by atoms with Crippen molar-refractivity contribution in [1.29, 1.82) is 0 Å². The number of carbonyl (C=O) groups excluding carboxylic acids is 1. The van der Waals surface area contributed by atoms with Crippen molar-refractivity contribution in [2.45, 2.75) is 193 Å². The van der Waals surface area contributed by atoms with Crippen molar-refractivity contribution in [1.82, 2.24) is 0 Å². The van der Waals surface area contributed by atoms with Gasteiger partial charge in [-0.1, -0.05) is 92.7 Å². The molecule has 0 unspecified atom stereocenters. The Morgan fingerprint density at radius 3 is 1.88 bits per heavy atom. The molecule has 12 heteroatoms. The van der Waals surface area contributed by atoms with Crippen molar-refractivity contribution in [2.75, 3.05) is 6.61 Å². The SMILES string of the molecule is CC[Si](CC)(CC)O[C@H](C=C[C@H]1[C@@H](CC=CCCCC(=O)OC(C)C)[C@H](O[Si](CC)(CC)CC)C[C@H]1O[Si](CC)(CC)CC)COc1cccc(C(F)(F)F)c1. The van der Waals surface area contributed by atoms with Gasteiger partial charge in [0.1, 0.15) is 12.4 Å². The lowest BCUT2D eigenvalue weighted by atomic mass is 9.89. The van der Waals surface area contributed by atoms with Gasteiger partial charge in [0.05, 0.1) is 30.0 Å². The fraction of sp³-hybridized carbons (Fsp3) is 0.750. The first-order valence-corrected chi connectivity index (χ1v) is 29.5. The number of hydrogen-bond acceptors (Lipinski definition) is 6. The first-order chi connectivity index (χ1) is 26.6. The zero-order valence-electron chi connectivity index (χ0n) is 36.8. The molecule has 0 aromatic heterocycles. The van der Waals surface area contributed by atoms with Crippen molar-refractivity contribution >= 4 is 30.9 Å². The highest BCUT2D eigenvalue weighted by atomic mass is 28.4. The molecule has 56 heavy (non-hydrogen) atoms. The predicted molar refractivity (Wildman–Crippen MR) is 233 cm³/mol. The highest BCUT2D eigenvalue weighted by Gasteiger charge is 2.48. The number of benzene rings is 1. The molecule has 1 aliphatic carbocycles. The Labute approximate surface area is 342 Å². The minimum atomic E-state index is -4.45. The van der Waals surface area contributed by atoms with Crippen LogP contribution in [0.1, 0.15) is 114 Å². The molecule has 5 atom stereocenters. The van der Waals surface area contributed by atoms with Crippen LogP contribution in [0, 0.1) is 11.8 Å². The van der Waals surface area contributed by atoms with E-state index in [-0.39, 0.29) is 48.5 Å². The molecule has 1 saturated carbocycles. The summed E-state index contributed by atoms with van der Waals surface area (Å²) in [6.45, 7) is 24.0. The smallest absolute Gasteiger partial charge is 0.416 e. The highest BCUT2D eigenvalue weighted by molar-refractivity contribution is 6.74. The molecule has 0 heterocycles. The zero-order chi connectivity index (χ0) is 42.0. The van der Waals surface area contributed by atoms with E-state index >= 15 is 0 Å². The molecule has 0 amide bonds. The molecule has 0 N–H and O–H groups in total. The Morgan fingerprint density at radius 2 is 1.36 bits per heavy atom. The monoisotopic (exact) mass is 842 g/mol. The van der Waals surface area contributed by atoms with Crippen LogP contribution in [-0.2, 0) is 29.0 Å². The predicted octanol–water partition coefficient (Wildman–Crippen LogP) is 13.5. The molecule has 0 bridgehead atoms. The fourth-order valence-electron chi connectivity index (χ4n) is 8.26. The number of alkyl halides is 3. The largest absolute Gasteiger partial charge is 0.491 e. The summed E-state index contributed by atoms with van der Waals surface area (Å²) in [7, 11) is -6.12. The maximum atomic E-state index is 13.6. The van der Waals surface area contributed by atoms with Crippen LogP contribution in [0.4, 0.5) is 13.2 Å². The van der Waals surface area contributed by atoms with E-state index in [1.54, 1.807) is 6.07 Å². The minimum Gasteiger partial charge on any atom is -0.491 e. The Bertz CT molecular complexity index is 1300. The molecule has 0 radical (unpaired) electrons. The van der Waals surface area contributed by atoms with Crippen LogP contribution in [0.3, 0.4) is 0 Å². The third-order valence-corrected chi connectivity index (χ3v) is 26.7. The van der Waals surface area contributed by atoms with Crippen LogP contribution < -0.4 is 4.74 Å². The number of ether oxygens (including phenoxy) is 2. The summed E-state index contributed by atoms with van der Waals surface area (Å²) in [4.78, 5) is 12.1. The summed E-state index contributed by atoms with van der Waals surface area (Å²) in [5.41, 5.74) is -0.730. The standard InChI is InChI=1S/C44H77F3O6Si3/c1-12-54(13-2,14-3)51-38(34-49-37-27-25-26-36(32-37)44(45,46)47)30-31-40-39(28-23-21-22-24-29-43(48)50-35(10)11)41(52-55(15-4,16-5)17-6)33-42(40)53-56(18-7,19-8)20-9/h21,23,25-27,30-32,35,38-42H,12-20,22,24,28-29,33-34H2,1-11H3/t38-,39-,40+,41-,42-/m1/s1. The van der Waals surface area contributed by atoms with E-state index in [4.69, 9.17) is 22.8 Å². The van der Waals surface area contributed by atoms with E-state index in [2.05, 4.69) is 86.6 Å². The highest BCUT2D eigenvalue weighted by Crippen LogP contribution is 2.45. The van der Waals surface area contributed by atoms with Gasteiger partial charge in [0.15, 0.2) is 25.0 Å². The molecular formula is C44H77F3O6Si3. The van der Waals surface area contributed by atoms with Gasteiger partial charge < -0.3 is 22.8 Å². The van der Waals surface area contributed by atoms with E-state index in [1.807, 2.05) is 13.8 Å². The number of hydrogen-bond donors (Lipinski definition) is 0. The van der Waals surface area contributed by atoms with Crippen LogP contribution >= 0.6 is 0 Å². The second-order valence-electron chi connectivity index (χ2n) is 16.0. The van der Waals surface area contributed by atoms with Crippen molar-refractivity contribution in [3.63, 3.8) is 0 Å². The zero-order valence-corrected chi connectivity index (χ0v) is 39.8. The van der Waals surface area contributed by atoms with Crippen molar-refractivity contribution in [2.24, 2.45) is 11.8 Å². The summed E-state index contributed by atoms with van der Waals surface area (Å²) >= 11 is 0. The van der Waals surface area contributed by atoms with Crippen LogP contribution in [0.15, 0.2) is 48.6 Å². The normalized spacial score (nSPS) is 20.4. The summed E-state index contributed by atoms with van der Waals surface area (Å²) in [6, 6.07) is 14.3. The van der Waals surface area contributed by atoms with E-state index in [0.29, 0.717) is 6.42 Å². The van der Waals surface area contributed by atoms with Gasteiger partial charge in [-0.15, -0.1) is 0 Å². The van der Waals surface area contributed by atoms with Gasteiger partial charge >= 0.3 is 12.1 Å². The van der Waals surface area contributed by atoms with E-state index < -0.39 is 42.8 Å². The molecule has 6 nitrogen and oxygen atoms in total. The Morgan fingerprint density at radius 1 is 0.804 bits per heavy atom. The molecule has 0 saturated heterocycles. The first-order valence-electron chi connectivity index (χ1n) is 21.9. The summed E-state index contributed by atoms with van der Waals surface area (Å²) < 4.78 is 74.0. The lowest BCUT2D eigenvalue weighted by Gasteiger charge is -2.35. The molecule has 0 spiro atoms. The molecular weight excluding hydrogens is 766 g/mol. The second kappa shape index (κ2) is 24.4. The Hall–Kier alpha value is -1.71. The average molecular weight is 843 g/mol. The lowest BCUT2D eigenvalue weighted by Crippen LogP contribution is -2.42. The topological polar surface area (TPSA) is 63.2 Å². The second-order valence-corrected chi connectivity index (χ2v) is 30.2. The van der Waals surface area contributed by atoms with Gasteiger partial charge in [-0.25, -0.2) is 0 Å². The van der Waals surface area contributed by atoms with Crippen molar-refractivity contribution in [3.05, 3.63) is 54.1 Å². The van der Waals surface area contributed by atoms with Crippen LogP contribution in [0.25, 0.3) is 0 Å². The number of esters is 1. The maximum absolute atomic E-state index is 13.6. The van der Waals surface area contributed by atoms with E-state index in [1.165, 1.54) is 6.07 Å². The third-order valence-electron chi connectivity index (χ3n) is 12.7. The fourth-order valence-corrected chi connectivity index (χ4v) is 16.9. The van der Waals surface area contributed by atoms with Gasteiger partial charge in [-0.3, -0.25) is 4.79 Å². The summed E-state index contributed by atoms with van der Waals surface area (Å²) in [5.74, 6) is 0.246. The molecule has 1 aliphatic rings. The summed E-state index contributed by atoms with van der Waals surface area (Å²) in [5, 5.41) is 0. The van der Waals surface area contributed by atoms with Crippen molar-refractivity contribution < 1.29 is 40.7 Å². The average Bonchev–Trinajstić information content (AvgIpc) is 3.50. The van der Waals surface area contributed by atoms with Crippen LogP contribution in [0.5, 0.6) is 5.75 Å². The Kier molecular flexibility index (Phi) is 22.0. The Balaban J connectivity index is 2.60. The lowest BCUT2D eigenvalue weighted by molar-refractivity contribution is -0.147. The summed E-state index contributed by atoms with van der Waals surface area (Å²) in [6.07, 6.45) is 7.50. The quantitative estimate of drug-likeness (QED) is 0.0380. The number of rotatable bonds is 27. The molecule has 2 rings (SSSR count). The number of halogens is 3. The molecule has 0 aliphatic heterocycles. The molecule has 1 fully saturated rings. The number of carbonyl (C=O) groups is 1. The number of allylic oxidation sites excluding steroid dienone is 2. The van der Waals surface area contributed by atoms with Crippen molar-refractivity contribution in [3.8, 4) is 5.75 Å². The van der Waals surface area contributed by atoms with Crippen LogP contribution in [0.2, 0.25) is 54.4 Å². The van der Waals surface area contributed by atoms with Crippen LogP contribution in [-0.4, -0.2) is 61.9 Å². The first kappa shape index (κ1) is 50.4. The van der Waals surface area contributed by atoms with E-state index in [9.17, 15) is 18.0 Å². The molecule has 1 aromatic carbocycles.